The third-order valence-corrected chi connectivity index (χ3v) is 3.78. The van der Waals surface area contributed by atoms with Crippen LogP contribution < -0.4 is 15.4 Å². The normalized spacial score (nSPS) is 11.4. The van der Waals surface area contributed by atoms with Crippen LogP contribution in [-0.4, -0.2) is 24.5 Å². The second kappa shape index (κ2) is 9.47. The third kappa shape index (κ3) is 6.30. The molecular weight excluding hydrogens is 316 g/mol. The topological polar surface area (TPSA) is 67.4 Å². The van der Waals surface area contributed by atoms with Crippen LogP contribution in [0.1, 0.15) is 36.2 Å². The van der Waals surface area contributed by atoms with Gasteiger partial charge in [-0.2, -0.15) is 0 Å². The molecule has 0 saturated heterocycles. The van der Waals surface area contributed by atoms with Crippen molar-refractivity contribution in [2.75, 3.05) is 6.61 Å². The van der Waals surface area contributed by atoms with Gasteiger partial charge in [-0.1, -0.05) is 43.3 Å². The molecule has 0 bridgehead atoms. The first kappa shape index (κ1) is 18.5. The summed E-state index contributed by atoms with van der Waals surface area (Å²) in [6, 6.07) is 16.6. The van der Waals surface area contributed by atoms with Crippen LogP contribution in [0.15, 0.2) is 54.6 Å². The lowest BCUT2D eigenvalue weighted by molar-refractivity contribution is -0.123. The molecule has 0 heterocycles. The first-order chi connectivity index (χ1) is 12.1. The van der Waals surface area contributed by atoms with E-state index >= 15 is 0 Å². The van der Waals surface area contributed by atoms with Crippen molar-refractivity contribution in [2.45, 2.75) is 32.9 Å². The van der Waals surface area contributed by atoms with Crippen molar-refractivity contribution >= 4 is 11.8 Å². The van der Waals surface area contributed by atoms with E-state index < -0.39 is 0 Å². The maximum Gasteiger partial charge on any atom is 0.258 e. The van der Waals surface area contributed by atoms with Gasteiger partial charge < -0.3 is 15.4 Å². The number of amides is 2. The predicted octanol–water partition coefficient (Wildman–Crippen LogP) is 2.91. The molecule has 2 rings (SSSR count). The lowest BCUT2D eigenvalue weighted by Crippen LogP contribution is -2.35. The fourth-order valence-corrected chi connectivity index (χ4v) is 2.17. The minimum Gasteiger partial charge on any atom is -0.484 e. The van der Waals surface area contributed by atoms with E-state index in [4.69, 9.17) is 4.74 Å². The van der Waals surface area contributed by atoms with Gasteiger partial charge in [-0.15, -0.1) is 0 Å². The van der Waals surface area contributed by atoms with Gasteiger partial charge in [0.2, 0.25) is 0 Å². The van der Waals surface area contributed by atoms with Crippen molar-refractivity contribution in [3.8, 4) is 5.75 Å². The van der Waals surface area contributed by atoms with Gasteiger partial charge in [-0.25, -0.2) is 0 Å². The van der Waals surface area contributed by atoms with Crippen LogP contribution in [-0.2, 0) is 11.3 Å². The Morgan fingerprint density at radius 3 is 2.56 bits per heavy atom. The van der Waals surface area contributed by atoms with Crippen LogP contribution in [0.3, 0.4) is 0 Å². The molecule has 5 heteroatoms. The second-order valence-corrected chi connectivity index (χ2v) is 5.86. The Kier molecular flexibility index (Phi) is 7.01. The maximum atomic E-state index is 12.2. The van der Waals surface area contributed by atoms with Crippen LogP contribution in [0.5, 0.6) is 5.75 Å². The van der Waals surface area contributed by atoms with Gasteiger partial charge in [0.05, 0.1) is 0 Å². The zero-order chi connectivity index (χ0) is 18.1. The monoisotopic (exact) mass is 340 g/mol. The summed E-state index contributed by atoms with van der Waals surface area (Å²) in [7, 11) is 0. The highest BCUT2D eigenvalue weighted by atomic mass is 16.5. The molecule has 0 aromatic heterocycles. The SMILES string of the molecule is CCC(C)NC(=O)COc1cccc(C(=O)NCc2ccccc2)c1. The molecule has 1 unspecified atom stereocenters. The number of hydrogen-bond donors (Lipinski definition) is 2. The Morgan fingerprint density at radius 1 is 1.08 bits per heavy atom. The van der Waals surface area contributed by atoms with Gasteiger partial charge in [0.1, 0.15) is 5.75 Å². The fraction of sp³-hybridized carbons (Fsp3) is 0.300. The third-order valence-electron chi connectivity index (χ3n) is 3.78. The van der Waals surface area contributed by atoms with Crippen LogP contribution in [0.25, 0.3) is 0 Å². The van der Waals surface area contributed by atoms with Crippen LogP contribution >= 0.6 is 0 Å². The van der Waals surface area contributed by atoms with E-state index in [9.17, 15) is 9.59 Å². The Labute approximate surface area is 148 Å². The van der Waals surface area contributed by atoms with E-state index in [0.29, 0.717) is 17.9 Å². The average molecular weight is 340 g/mol. The van der Waals surface area contributed by atoms with Crippen molar-refractivity contribution in [2.24, 2.45) is 0 Å². The number of carbonyl (C=O) groups excluding carboxylic acids is 2. The van der Waals surface area contributed by atoms with Crippen molar-refractivity contribution in [3.05, 3.63) is 65.7 Å². The zero-order valence-corrected chi connectivity index (χ0v) is 14.6. The molecular formula is C20H24N2O3. The van der Waals surface area contributed by atoms with E-state index in [2.05, 4.69) is 10.6 Å². The van der Waals surface area contributed by atoms with Gasteiger partial charge in [0, 0.05) is 18.2 Å². The van der Waals surface area contributed by atoms with Gasteiger partial charge in [0.25, 0.3) is 11.8 Å². The number of benzene rings is 2. The molecule has 2 N–H and O–H groups in total. The van der Waals surface area contributed by atoms with E-state index in [1.165, 1.54) is 0 Å². The molecule has 0 spiro atoms. The first-order valence-corrected chi connectivity index (χ1v) is 8.43. The molecule has 2 amide bonds. The van der Waals surface area contributed by atoms with Gasteiger partial charge >= 0.3 is 0 Å². The van der Waals surface area contributed by atoms with E-state index in [-0.39, 0.29) is 24.5 Å². The number of carbonyl (C=O) groups is 2. The predicted molar refractivity (Wildman–Crippen MR) is 97.4 cm³/mol. The Bertz CT molecular complexity index is 701. The minimum atomic E-state index is -0.182. The van der Waals surface area contributed by atoms with Crippen LogP contribution in [0, 0.1) is 0 Å². The fourth-order valence-electron chi connectivity index (χ4n) is 2.17. The summed E-state index contributed by atoms with van der Waals surface area (Å²) < 4.78 is 5.47. The molecule has 0 radical (unpaired) electrons. The summed E-state index contributed by atoms with van der Waals surface area (Å²) in [5, 5.41) is 5.70. The highest BCUT2D eigenvalue weighted by molar-refractivity contribution is 5.94. The van der Waals surface area contributed by atoms with Gasteiger partial charge in [0.15, 0.2) is 6.61 Å². The number of hydrogen-bond acceptors (Lipinski definition) is 3. The average Bonchev–Trinajstić information content (AvgIpc) is 2.65. The molecule has 2 aromatic carbocycles. The Morgan fingerprint density at radius 2 is 1.84 bits per heavy atom. The van der Waals surface area contributed by atoms with E-state index in [1.54, 1.807) is 24.3 Å². The number of nitrogens with one attached hydrogen (secondary N) is 2. The summed E-state index contributed by atoms with van der Waals surface area (Å²) in [5.74, 6) is 0.137. The largest absolute Gasteiger partial charge is 0.484 e. The molecule has 0 saturated carbocycles. The first-order valence-electron chi connectivity index (χ1n) is 8.43. The minimum absolute atomic E-state index is 0.0700. The molecule has 0 aliphatic carbocycles. The van der Waals surface area contributed by atoms with Crippen molar-refractivity contribution < 1.29 is 14.3 Å². The van der Waals surface area contributed by atoms with Gasteiger partial charge in [-0.05, 0) is 37.1 Å². The zero-order valence-electron chi connectivity index (χ0n) is 14.6. The summed E-state index contributed by atoms with van der Waals surface area (Å²) in [6.45, 7) is 4.33. The lowest BCUT2D eigenvalue weighted by atomic mass is 10.2. The molecule has 0 fully saturated rings. The number of rotatable bonds is 8. The summed E-state index contributed by atoms with van der Waals surface area (Å²) in [4.78, 5) is 24.0. The van der Waals surface area contributed by atoms with Crippen LogP contribution in [0.4, 0.5) is 0 Å². The van der Waals surface area contributed by atoms with Crippen molar-refractivity contribution in [3.63, 3.8) is 0 Å². The molecule has 0 aliphatic rings. The van der Waals surface area contributed by atoms with Gasteiger partial charge in [-0.3, -0.25) is 9.59 Å². The second-order valence-electron chi connectivity index (χ2n) is 5.86. The molecule has 5 nitrogen and oxygen atoms in total. The molecule has 132 valence electrons. The van der Waals surface area contributed by atoms with Crippen molar-refractivity contribution in [1.29, 1.82) is 0 Å². The quantitative estimate of drug-likeness (QED) is 0.776. The molecule has 25 heavy (non-hydrogen) atoms. The van der Waals surface area contributed by atoms with Crippen LogP contribution in [0.2, 0.25) is 0 Å². The molecule has 1 atom stereocenters. The summed E-state index contributed by atoms with van der Waals surface area (Å²) in [5.41, 5.74) is 1.53. The van der Waals surface area contributed by atoms with E-state index in [1.807, 2.05) is 44.2 Å². The smallest absolute Gasteiger partial charge is 0.258 e. The maximum absolute atomic E-state index is 12.2. The van der Waals surface area contributed by atoms with Crippen molar-refractivity contribution in [1.82, 2.24) is 10.6 Å². The standard InChI is InChI=1S/C20H24N2O3/c1-3-15(2)22-19(23)14-25-18-11-7-10-17(12-18)20(24)21-13-16-8-5-4-6-9-16/h4-12,15H,3,13-14H2,1-2H3,(H,21,24)(H,22,23). The Hall–Kier alpha value is -2.82. The van der Waals surface area contributed by atoms with E-state index in [0.717, 1.165) is 12.0 Å². The summed E-state index contributed by atoms with van der Waals surface area (Å²) in [6.07, 6.45) is 0.864. The summed E-state index contributed by atoms with van der Waals surface area (Å²) >= 11 is 0. The highest BCUT2D eigenvalue weighted by Gasteiger charge is 2.09. The Balaban J connectivity index is 1.87. The lowest BCUT2D eigenvalue weighted by Gasteiger charge is -2.12. The number of ether oxygens (including phenoxy) is 1. The molecule has 2 aromatic rings. The highest BCUT2D eigenvalue weighted by Crippen LogP contribution is 2.13. The molecule has 0 aliphatic heterocycles.